The SMILES string of the molecule is CC[Si](/C=C/c1ccc(C(C)(C)C)cc1)(CC)CC. The summed E-state index contributed by atoms with van der Waals surface area (Å²) in [7, 11) is -1.13. The third-order valence-electron chi connectivity index (χ3n) is 4.52. The Hall–Kier alpha value is -0.823. The lowest BCUT2D eigenvalue weighted by Crippen LogP contribution is -2.28. The van der Waals surface area contributed by atoms with E-state index < -0.39 is 8.07 Å². The van der Waals surface area contributed by atoms with Gasteiger partial charge in [-0.15, -0.1) is 0 Å². The smallest absolute Gasteiger partial charge is 0.0770 e. The van der Waals surface area contributed by atoms with Gasteiger partial charge in [0, 0.05) is 0 Å². The van der Waals surface area contributed by atoms with Crippen molar-refractivity contribution in [3.63, 3.8) is 0 Å². The van der Waals surface area contributed by atoms with Crippen molar-refractivity contribution >= 4 is 14.1 Å². The Kier molecular flexibility index (Phi) is 5.60. The summed E-state index contributed by atoms with van der Waals surface area (Å²) in [6.45, 7) is 13.9. The van der Waals surface area contributed by atoms with Crippen LogP contribution in [0.15, 0.2) is 30.0 Å². The van der Waals surface area contributed by atoms with Crippen LogP contribution < -0.4 is 0 Å². The molecule has 0 aliphatic rings. The van der Waals surface area contributed by atoms with Crippen LogP contribution in [0.3, 0.4) is 0 Å². The Morgan fingerprint density at radius 2 is 1.37 bits per heavy atom. The highest BCUT2D eigenvalue weighted by atomic mass is 28.3. The summed E-state index contributed by atoms with van der Waals surface area (Å²) in [5.74, 6) is 0. The molecule has 1 aromatic rings. The molecule has 0 unspecified atom stereocenters. The Balaban J connectivity index is 2.89. The molecule has 0 saturated heterocycles. The van der Waals surface area contributed by atoms with Crippen molar-refractivity contribution in [3.8, 4) is 0 Å². The van der Waals surface area contributed by atoms with Crippen LogP contribution >= 0.6 is 0 Å². The van der Waals surface area contributed by atoms with Crippen LogP contribution in [0.25, 0.3) is 6.08 Å². The van der Waals surface area contributed by atoms with Gasteiger partial charge in [-0.1, -0.05) is 95.7 Å². The number of hydrogen-bond donors (Lipinski definition) is 0. The lowest BCUT2D eigenvalue weighted by Gasteiger charge is -2.23. The fourth-order valence-corrected chi connectivity index (χ4v) is 5.22. The quantitative estimate of drug-likeness (QED) is 0.574. The van der Waals surface area contributed by atoms with Crippen LogP contribution in [0.2, 0.25) is 18.1 Å². The maximum absolute atomic E-state index is 2.55. The molecule has 0 nitrogen and oxygen atoms in total. The number of rotatable bonds is 5. The second-order valence-corrected chi connectivity index (χ2v) is 11.8. The first-order valence-electron chi connectivity index (χ1n) is 7.66. The van der Waals surface area contributed by atoms with Crippen molar-refractivity contribution in [3.05, 3.63) is 41.1 Å². The van der Waals surface area contributed by atoms with Crippen LogP contribution in [0.1, 0.15) is 52.7 Å². The average Bonchev–Trinajstić information content (AvgIpc) is 2.40. The Bertz CT molecular complexity index is 394. The highest BCUT2D eigenvalue weighted by molar-refractivity contribution is 6.84. The minimum absolute atomic E-state index is 0.247. The second kappa shape index (κ2) is 6.56. The van der Waals surface area contributed by atoms with Gasteiger partial charge in [0.05, 0.1) is 8.07 Å². The molecule has 1 aromatic carbocycles. The molecule has 0 N–H and O–H groups in total. The van der Waals surface area contributed by atoms with Crippen LogP contribution in [0, 0.1) is 0 Å². The van der Waals surface area contributed by atoms with Crippen LogP contribution in [-0.4, -0.2) is 8.07 Å². The first-order chi connectivity index (χ1) is 8.87. The summed E-state index contributed by atoms with van der Waals surface area (Å²) in [5.41, 5.74) is 5.56. The summed E-state index contributed by atoms with van der Waals surface area (Å²) in [4.78, 5) is 0. The number of benzene rings is 1. The average molecular weight is 275 g/mol. The molecule has 0 aromatic heterocycles. The molecule has 0 fully saturated rings. The molecule has 0 heterocycles. The van der Waals surface area contributed by atoms with E-state index in [-0.39, 0.29) is 5.41 Å². The molecule has 0 radical (unpaired) electrons. The highest BCUT2D eigenvalue weighted by Crippen LogP contribution is 2.25. The van der Waals surface area contributed by atoms with Gasteiger partial charge in [0.2, 0.25) is 0 Å². The van der Waals surface area contributed by atoms with E-state index >= 15 is 0 Å². The van der Waals surface area contributed by atoms with Gasteiger partial charge in [-0.2, -0.15) is 0 Å². The molecular weight excluding hydrogens is 244 g/mol. The van der Waals surface area contributed by atoms with Gasteiger partial charge >= 0.3 is 0 Å². The van der Waals surface area contributed by atoms with Crippen molar-refractivity contribution in [1.29, 1.82) is 0 Å². The van der Waals surface area contributed by atoms with Crippen molar-refractivity contribution < 1.29 is 0 Å². The molecule has 0 aliphatic carbocycles. The molecule has 0 saturated carbocycles. The molecule has 106 valence electrons. The maximum Gasteiger partial charge on any atom is 0.0770 e. The van der Waals surface area contributed by atoms with Crippen LogP contribution in [-0.2, 0) is 5.41 Å². The first-order valence-corrected chi connectivity index (χ1v) is 10.4. The standard InChI is InChI=1S/C18H30Si/c1-7-19(8-2,9-3)15-14-16-10-12-17(13-11-16)18(4,5)6/h10-15H,7-9H2,1-6H3/b15-14+. The van der Waals surface area contributed by atoms with Gasteiger partial charge < -0.3 is 0 Å². The van der Waals surface area contributed by atoms with E-state index in [1.165, 1.54) is 29.3 Å². The van der Waals surface area contributed by atoms with Gasteiger partial charge in [0.25, 0.3) is 0 Å². The third kappa shape index (κ3) is 4.34. The Morgan fingerprint density at radius 3 is 1.74 bits per heavy atom. The maximum atomic E-state index is 2.55. The van der Waals surface area contributed by atoms with Crippen molar-refractivity contribution in [2.24, 2.45) is 0 Å². The number of hydrogen-bond acceptors (Lipinski definition) is 0. The molecule has 19 heavy (non-hydrogen) atoms. The van der Waals surface area contributed by atoms with Gasteiger partial charge in [0.1, 0.15) is 0 Å². The topological polar surface area (TPSA) is 0 Å². The molecule has 0 spiro atoms. The summed E-state index contributed by atoms with van der Waals surface area (Å²) < 4.78 is 0. The van der Waals surface area contributed by atoms with Gasteiger partial charge in [-0.25, -0.2) is 0 Å². The minimum atomic E-state index is -1.13. The van der Waals surface area contributed by atoms with Crippen molar-refractivity contribution in [2.75, 3.05) is 0 Å². The van der Waals surface area contributed by atoms with E-state index in [1.54, 1.807) is 0 Å². The van der Waals surface area contributed by atoms with Crippen molar-refractivity contribution in [2.45, 2.75) is 65.1 Å². The van der Waals surface area contributed by atoms with E-state index in [9.17, 15) is 0 Å². The second-order valence-electron chi connectivity index (χ2n) is 6.63. The predicted molar refractivity (Wildman–Crippen MR) is 91.4 cm³/mol. The summed E-state index contributed by atoms with van der Waals surface area (Å²) in [6.07, 6.45) is 2.36. The van der Waals surface area contributed by atoms with E-state index in [2.05, 4.69) is 77.6 Å². The molecule has 0 bridgehead atoms. The summed E-state index contributed by atoms with van der Waals surface area (Å²) >= 11 is 0. The van der Waals surface area contributed by atoms with Crippen LogP contribution in [0.5, 0.6) is 0 Å². The zero-order chi connectivity index (χ0) is 14.5. The fourth-order valence-electron chi connectivity index (χ4n) is 2.47. The summed E-state index contributed by atoms with van der Waals surface area (Å²) in [6, 6.07) is 13.1. The van der Waals surface area contributed by atoms with Gasteiger partial charge in [-0.05, 0) is 16.5 Å². The third-order valence-corrected chi connectivity index (χ3v) is 9.62. The monoisotopic (exact) mass is 274 g/mol. The molecule has 0 aliphatic heterocycles. The zero-order valence-electron chi connectivity index (χ0n) is 13.6. The van der Waals surface area contributed by atoms with Crippen molar-refractivity contribution in [1.82, 2.24) is 0 Å². The normalized spacial score (nSPS) is 13.2. The lowest BCUT2D eigenvalue weighted by atomic mass is 9.87. The molecule has 1 rings (SSSR count). The first kappa shape index (κ1) is 16.2. The molecule has 1 heteroatoms. The van der Waals surface area contributed by atoms with Crippen LogP contribution in [0.4, 0.5) is 0 Å². The van der Waals surface area contributed by atoms with Gasteiger partial charge in [0.15, 0.2) is 0 Å². The van der Waals surface area contributed by atoms with E-state index in [0.717, 1.165) is 0 Å². The largest absolute Gasteiger partial charge is 0.0936 e. The zero-order valence-corrected chi connectivity index (χ0v) is 14.6. The van der Waals surface area contributed by atoms with Gasteiger partial charge in [-0.3, -0.25) is 0 Å². The van der Waals surface area contributed by atoms with E-state index in [4.69, 9.17) is 0 Å². The van der Waals surface area contributed by atoms with E-state index in [0.29, 0.717) is 0 Å². The molecular formula is C18H30Si. The summed E-state index contributed by atoms with van der Waals surface area (Å²) in [5, 5.41) is 0. The molecule has 0 atom stereocenters. The molecule has 0 amide bonds. The Morgan fingerprint density at radius 1 is 0.895 bits per heavy atom. The minimum Gasteiger partial charge on any atom is -0.0936 e. The lowest BCUT2D eigenvalue weighted by molar-refractivity contribution is 0.590. The van der Waals surface area contributed by atoms with E-state index in [1.807, 2.05) is 0 Å². The predicted octanol–water partition coefficient (Wildman–Crippen LogP) is 6.05. The fraction of sp³-hybridized carbons (Fsp3) is 0.556. The highest BCUT2D eigenvalue weighted by Gasteiger charge is 2.22. The Labute approximate surface area is 121 Å².